The maximum atomic E-state index is 13.7. The molecule has 0 aliphatic carbocycles. The first-order chi connectivity index (χ1) is 16.3. The number of allylic oxidation sites excluding steroid dienone is 1. The van der Waals surface area contributed by atoms with Gasteiger partial charge >= 0.3 is 5.97 Å². The van der Waals surface area contributed by atoms with Crippen molar-refractivity contribution in [1.29, 1.82) is 0 Å². The molecule has 1 aliphatic heterocycles. The third kappa shape index (κ3) is 4.41. The lowest BCUT2D eigenvalue weighted by Crippen LogP contribution is -2.40. The molecule has 0 saturated heterocycles. The third-order valence-corrected chi connectivity index (χ3v) is 6.30. The Morgan fingerprint density at radius 1 is 1.21 bits per heavy atom. The maximum Gasteiger partial charge on any atom is 0.338 e. The SMILES string of the molecule is CCOC(=O)C1=C(C)N=c2s/c(=C/c3ccccc3O)c(=O)n2[C@H]1c1ccccc1OC(C)C. The van der Waals surface area contributed by atoms with Gasteiger partial charge in [-0.3, -0.25) is 9.36 Å². The molecule has 0 amide bonds. The molecule has 3 aromatic rings. The number of hydrogen-bond acceptors (Lipinski definition) is 7. The molecule has 1 N–H and O–H groups in total. The Bertz CT molecular complexity index is 1450. The van der Waals surface area contributed by atoms with Gasteiger partial charge < -0.3 is 14.6 Å². The number of rotatable bonds is 6. The van der Waals surface area contributed by atoms with E-state index in [2.05, 4.69) is 4.99 Å². The summed E-state index contributed by atoms with van der Waals surface area (Å²) in [6, 6.07) is 13.4. The van der Waals surface area contributed by atoms with Crippen molar-refractivity contribution in [3.8, 4) is 11.5 Å². The van der Waals surface area contributed by atoms with Crippen molar-refractivity contribution < 1.29 is 19.4 Å². The van der Waals surface area contributed by atoms with Crippen LogP contribution in [-0.2, 0) is 9.53 Å². The van der Waals surface area contributed by atoms with Crippen LogP contribution in [0.4, 0.5) is 0 Å². The number of benzene rings is 2. The van der Waals surface area contributed by atoms with Crippen molar-refractivity contribution in [3.05, 3.63) is 90.6 Å². The molecule has 0 fully saturated rings. The number of aromatic nitrogens is 1. The molecule has 4 rings (SSSR count). The lowest BCUT2D eigenvalue weighted by atomic mass is 9.95. The summed E-state index contributed by atoms with van der Waals surface area (Å²) in [7, 11) is 0. The number of para-hydroxylation sites is 2. The summed E-state index contributed by atoms with van der Waals surface area (Å²) in [5.41, 5.74) is 1.66. The molecule has 2 aromatic carbocycles. The van der Waals surface area contributed by atoms with E-state index in [0.717, 1.165) is 0 Å². The topological polar surface area (TPSA) is 90.1 Å². The van der Waals surface area contributed by atoms with Gasteiger partial charge in [0.1, 0.15) is 17.5 Å². The van der Waals surface area contributed by atoms with Gasteiger partial charge in [0.05, 0.1) is 28.5 Å². The van der Waals surface area contributed by atoms with Gasteiger partial charge in [-0.05, 0) is 45.9 Å². The van der Waals surface area contributed by atoms with Crippen molar-refractivity contribution >= 4 is 23.4 Å². The molecule has 0 bridgehead atoms. The normalized spacial score (nSPS) is 15.8. The van der Waals surface area contributed by atoms with Crippen LogP contribution in [0.5, 0.6) is 11.5 Å². The molecule has 176 valence electrons. The van der Waals surface area contributed by atoms with Gasteiger partial charge in [0.15, 0.2) is 4.80 Å². The number of carbonyl (C=O) groups is 1. The zero-order valence-electron chi connectivity index (χ0n) is 19.4. The Balaban J connectivity index is 2.00. The number of fused-ring (bicyclic) bond motifs is 1. The van der Waals surface area contributed by atoms with E-state index >= 15 is 0 Å². The monoisotopic (exact) mass is 478 g/mol. The van der Waals surface area contributed by atoms with E-state index in [0.29, 0.717) is 37.5 Å². The van der Waals surface area contributed by atoms with Crippen LogP contribution in [0.25, 0.3) is 6.08 Å². The first-order valence-electron chi connectivity index (χ1n) is 11.0. The molecule has 2 heterocycles. The average molecular weight is 479 g/mol. The van der Waals surface area contributed by atoms with Gasteiger partial charge in [-0.25, -0.2) is 9.79 Å². The first kappa shape index (κ1) is 23.5. The highest BCUT2D eigenvalue weighted by Crippen LogP contribution is 2.36. The van der Waals surface area contributed by atoms with E-state index < -0.39 is 12.0 Å². The average Bonchev–Trinajstić information content (AvgIpc) is 3.09. The van der Waals surface area contributed by atoms with Crippen molar-refractivity contribution in [1.82, 2.24) is 4.57 Å². The minimum absolute atomic E-state index is 0.0731. The van der Waals surface area contributed by atoms with Crippen molar-refractivity contribution in [2.24, 2.45) is 4.99 Å². The number of phenolic OH excluding ortho intramolecular Hbond substituents is 1. The lowest BCUT2D eigenvalue weighted by molar-refractivity contribution is -0.139. The van der Waals surface area contributed by atoms with Gasteiger partial charge in [-0.15, -0.1) is 0 Å². The number of ether oxygens (including phenoxy) is 2. The fourth-order valence-electron chi connectivity index (χ4n) is 3.90. The number of aromatic hydroxyl groups is 1. The second kappa shape index (κ2) is 9.69. The highest BCUT2D eigenvalue weighted by Gasteiger charge is 2.35. The number of thiazole rings is 1. The van der Waals surface area contributed by atoms with Gasteiger partial charge in [0.25, 0.3) is 5.56 Å². The van der Waals surface area contributed by atoms with Crippen LogP contribution in [-0.4, -0.2) is 28.4 Å². The molecular formula is C26H26N2O5S. The minimum Gasteiger partial charge on any atom is -0.507 e. The Morgan fingerprint density at radius 3 is 2.62 bits per heavy atom. The molecule has 1 aliphatic rings. The molecule has 1 aromatic heterocycles. The van der Waals surface area contributed by atoms with E-state index in [9.17, 15) is 14.7 Å². The van der Waals surface area contributed by atoms with Gasteiger partial charge in [0.2, 0.25) is 0 Å². The Hall–Kier alpha value is -3.65. The van der Waals surface area contributed by atoms with E-state index in [4.69, 9.17) is 9.47 Å². The third-order valence-electron chi connectivity index (χ3n) is 5.32. The van der Waals surface area contributed by atoms with Crippen molar-refractivity contribution in [2.45, 2.75) is 39.8 Å². The summed E-state index contributed by atoms with van der Waals surface area (Å²) in [4.78, 5) is 31.8. The fraction of sp³-hybridized carbons (Fsp3) is 0.269. The van der Waals surface area contributed by atoms with Crippen LogP contribution in [0.3, 0.4) is 0 Å². The predicted molar refractivity (Wildman–Crippen MR) is 131 cm³/mol. The van der Waals surface area contributed by atoms with E-state index in [1.54, 1.807) is 44.2 Å². The Kier molecular flexibility index (Phi) is 6.70. The summed E-state index contributed by atoms with van der Waals surface area (Å²) in [5, 5.41) is 10.2. The second-order valence-electron chi connectivity index (χ2n) is 8.07. The number of esters is 1. The van der Waals surface area contributed by atoms with Crippen LogP contribution in [0.15, 0.2) is 69.6 Å². The van der Waals surface area contributed by atoms with Crippen molar-refractivity contribution in [3.63, 3.8) is 0 Å². The predicted octanol–water partition coefficient (Wildman–Crippen LogP) is 3.29. The van der Waals surface area contributed by atoms with Crippen molar-refractivity contribution in [2.75, 3.05) is 6.61 Å². The van der Waals surface area contributed by atoms with Crippen LogP contribution in [0, 0.1) is 0 Å². The summed E-state index contributed by atoms with van der Waals surface area (Å²) in [5.74, 6) is 0.126. The molecule has 7 nitrogen and oxygen atoms in total. The zero-order chi connectivity index (χ0) is 24.4. The van der Waals surface area contributed by atoms with Crippen LogP contribution in [0.1, 0.15) is 44.9 Å². The van der Waals surface area contributed by atoms with Gasteiger partial charge in [-0.2, -0.15) is 0 Å². The van der Waals surface area contributed by atoms with E-state index in [-0.39, 0.29) is 24.0 Å². The minimum atomic E-state index is -0.767. The van der Waals surface area contributed by atoms with Gasteiger partial charge in [-0.1, -0.05) is 47.7 Å². The highest BCUT2D eigenvalue weighted by molar-refractivity contribution is 7.07. The summed E-state index contributed by atoms with van der Waals surface area (Å²) < 4.78 is 13.3. The molecule has 0 spiro atoms. The largest absolute Gasteiger partial charge is 0.507 e. The summed E-state index contributed by atoms with van der Waals surface area (Å²) in [6.07, 6.45) is 1.53. The highest BCUT2D eigenvalue weighted by atomic mass is 32.1. The first-order valence-corrected chi connectivity index (χ1v) is 11.9. The number of hydrogen-bond donors (Lipinski definition) is 1. The molecular weight excluding hydrogens is 452 g/mol. The van der Waals surface area contributed by atoms with Crippen LogP contribution < -0.4 is 19.6 Å². The van der Waals surface area contributed by atoms with E-state index in [1.807, 2.05) is 38.1 Å². The number of carbonyl (C=O) groups excluding carboxylic acids is 1. The molecule has 1 atom stereocenters. The van der Waals surface area contributed by atoms with Crippen LogP contribution in [0.2, 0.25) is 0 Å². The van der Waals surface area contributed by atoms with E-state index in [1.165, 1.54) is 15.9 Å². The summed E-state index contributed by atoms with van der Waals surface area (Å²) in [6.45, 7) is 7.51. The Labute approximate surface area is 200 Å². The summed E-state index contributed by atoms with van der Waals surface area (Å²) >= 11 is 1.20. The molecule has 0 unspecified atom stereocenters. The second-order valence-corrected chi connectivity index (χ2v) is 9.07. The molecule has 0 saturated carbocycles. The lowest BCUT2D eigenvalue weighted by Gasteiger charge is -2.26. The standard InChI is InChI=1S/C26H26N2O5S/c1-5-32-25(31)22-16(4)27-26-28(23(22)18-11-7-9-13-20(18)33-15(2)3)24(30)21(34-26)14-17-10-6-8-12-19(17)29/h6-15,23,29H,5H2,1-4H3/b21-14+/t23-/m0/s1. The Morgan fingerprint density at radius 2 is 1.91 bits per heavy atom. The molecule has 0 radical (unpaired) electrons. The smallest absolute Gasteiger partial charge is 0.338 e. The zero-order valence-corrected chi connectivity index (χ0v) is 20.3. The van der Waals surface area contributed by atoms with Gasteiger partial charge in [0, 0.05) is 11.1 Å². The number of nitrogens with zero attached hydrogens (tertiary/aromatic N) is 2. The fourth-order valence-corrected chi connectivity index (χ4v) is 4.94. The molecule has 8 heteroatoms. The number of phenols is 1. The van der Waals surface area contributed by atoms with Crippen LogP contribution >= 0.6 is 11.3 Å². The quantitative estimate of drug-likeness (QED) is 0.549. The molecule has 34 heavy (non-hydrogen) atoms. The maximum absolute atomic E-state index is 13.7.